The molecule has 4 rings (SSSR count). The third-order valence-electron chi connectivity index (χ3n) is 4.41. The van der Waals surface area contributed by atoms with E-state index in [1.165, 1.54) is 12.1 Å². The summed E-state index contributed by atoms with van der Waals surface area (Å²) in [5.41, 5.74) is 2.95. The van der Waals surface area contributed by atoms with Gasteiger partial charge >= 0.3 is 0 Å². The molecule has 0 fully saturated rings. The number of hydrogen-bond donors (Lipinski definition) is 2. The van der Waals surface area contributed by atoms with Crippen LogP contribution in [0.5, 0.6) is 0 Å². The van der Waals surface area contributed by atoms with Gasteiger partial charge in [-0.15, -0.1) is 10.2 Å². The summed E-state index contributed by atoms with van der Waals surface area (Å²) in [5.74, 6) is 0.645. The van der Waals surface area contributed by atoms with Crippen LogP contribution in [0.4, 0.5) is 21.6 Å². The molecule has 0 aliphatic rings. The largest absolute Gasteiger partial charge is 0.339 e. The maximum atomic E-state index is 13.0. The number of rotatable bonds is 6. The number of anilines is 3. The summed E-state index contributed by atoms with van der Waals surface area (Å²) in [6, 6.07) is 16.8. The third kappa shape index (κ3) is 4.69. The zero-order chi connectivity index (χ0) is 22.0. The van der Waals surface area contributed by atoms with Gasteiger partial charge in [0, 0.05) is 17.1 Å². The highest BCUT2D eigenvalue weighted by atomic mass is 32.2. The Balaban J connectivity index is 1.44. The molecule has 0 spiro atoms. The van der Waals surface area contributed by atoms with Crippen molar-refractivity contribution in [3.8, 4) is 5.82 Å². The Morgan fingerprint density at radius 2 is 1.55 bits per heavy atom. The lowest BCUT2D eigenvalue weighted by Gasteiger charge is -2.10. The first kappa shape index (κ1) is 20.5. The highest BCUT2D eigenvalue weighted by molar-refractivity contribution is 7.92. The number of nitrogens with zero attached hydrogens (tertiary/aromatic N) is 4. The van der Waals surface area contributed by atoms with Gasteiger partial charge in [-0.05, 0) is 80.6 Å². The molecule has 2 aromatic carbocycles. The fraction of sp³-hybridized carbons (Fsp3) is 0.0952. The third-order valence-corrected chi connectivity index (χ3v) is 5.81. The normalized spacial score (nSPS) is 11.3. The van der Waals surface area contributed by atoms with Gasteiger partial charge in [0.05, 0.1) is 10.6 Å². The Labute approximate surface area is 178 Å². The smallest absolute Gasteiger partial charge is 0.261 e. The van der Waals surface area contributed by atoms with E-state index in [4.69, 9.17) is 0 Å². The summed E-state index contributed by atoms with van der Waals surface area (Å²) >= 11 is 0. The molecule has 2 heterocycles. The molecule has 0 unspecified atom stereocenters. The fourth-order valence-electron chi connectivity index (χ4n) is 2.96. The van der Waals surface area contributed by atoms with Crippen molar-refractivity contribution in [3.05, 3.63) is 83.9 Å². The topological polar surface area (TPSA) is 102 Å². The Bertz CT molecular complexity index is 1300. The molecule has 8 nitrogen and oxygen atoms in total. The molecule has 31 heavy (non-hydrogen) atoms. The SMILES string of the molecule is Cc1cc(C)n(-c2ccc(Nc3ccc(NS(=O)(=O)c4ccc(F)cc4)cc3)nn2)n1. The van der Waals surface area contributed by atoms with Crippen molar-refractivity contribution in [2.24, 2.45) is 0 Å². The lowest BCUT2D eigenvalue weighted by Crippen LogP contribution is -2.12. The van der Waals surface area contributed by atoms with Crippen LogP contribution in [0.15, 0.2) is 71.6 Å². The van der Waals surface area contributed by atoms with E-state index in [9.17, 15) is 12.8 Å². The summed E-state index contributed by atoms with van der Waals surface area (Å²) < 4.78 is 42.0. The van der Waals surface area contributed by atoms with E-state index in [1.807, 2.05) is 19.9 Å². The number of nitrogens with one attached hydrogen (secondary N) is 2. The van der Waals surface area contributed by atoms with Gasteiger partial charge in [0.1, 0.15) is 5.82 Å². The number of aryl methyl sites for hydroxylation is 2. The van der Waals surface area contributed by atoms with Crippen molar-refractivity contribution in [2.45, 2.75) is 18.7 Å². The molecule has 0 aliphatic heterocycles. The number of benzene rings is 2. The summed E-state index contributed by atoms with van der Waals surface area (Å²) in [5, 5.41) is 15.8. The average molecular weight is 438 g/mol. The van der Waals surface area contributed by atoms with E-state index in [-0.39, 0.29) is 4.90 Å². The van der Waals surface area contributed by atoms with Crippen LogP contribution in [0.3, 0.4) is 0 Å². The van der Waals surface area contributed by atoms with Crippen LogP contribution in [0, 0.1) is 19.7 Å². The lowest BCUT2D eigenvalue weighted by atomic mass is 10.3. The van der Waals surface area contributed by atoms with Crippen LogP contribution in [0.1, 0.15) is 11.4 Å². The number of aromatic nitrogens is 4. The molecule has 0 amide bonds. The van der Waals surface area contributed by atoms with E-state index in [1.54, 1.807) is 41.1 Å². The first-order chi connectivity index (χ1) is 14.8. The van der Waals surface area contributed by atoms with Gasteiger partial charge in [0.2, 0.25) is 0 Å². The van der Waals surface area contributed by atoms with Crippen LogP contribution in [0.25, 0.3) is 5.82 Å². The van der Waals surface area contributed by atoms with E-state index >= 15 is 0 Å². The molecule has 0 atom stereocenters. The van der Waals surface area contributed by atoms with Gasteiger partial charge in [0.25, 0.3) is 10.0 Å². The summed E-state index contributed by atoms with van der Waals surface area (Å²) in [6.07, 6.45) is 0. The van der Waals surface area contributed by atoms with Gasteiger partial charge in [-0.2, -0.15) is 5.10 Å². The van der Waals surface area contributed by atoms with Crippen LogP contribution in [0.2, 0.25) is 0 Å². The minimum Gasteiger partial charge on any atom is -0.339 e. The Morgan fingerprint density at radius 1 is 0.871 bits per heavy atom. The number of hydrogen-bond acceptors (Lipinski definition) is 6. The van der Waals surface area contributed by atoms with Gasteiger partial charge in [-0.25, -0.2) is 17.5 Å². The van der Waals surface area contributed by atoms with Crippen LogP contribution in [-0.2, 0) is 10.0 Å². The van der Waals surface area contributed by atoms with Crippen molar-refractivity contribution < 1.29 is 12.8 Å². The van der Waals surface area contributed by atoms with E-state index in [0.29, 0.717) is 23.0 Å². The molecule has 158 valence electrons. The van der Waals surface area contributed by atoms with E-state index < -0.39 is 15.8 Å². The molecular weight excluding hydrogens is 419 g/mol. The second-order valence-electron chi connectivity index (χ2n) is 6.88. The second-order valence-corrected chi connectivity index (χ2v) is 8.56. The van der Waals surface area contributed by atoms with Crippen molar-refractivity contribution in [1.29, 1.82) is 0 Å². The zero-order valence-corrected chi connectivity index (χ0v) is 17.6. The summed E-state index contributed by atoms with van der Waals surface area (Å²) in [6.45, 7) is 3.86. The molecule has 0 saturated carbocycles. The lowest BCUT2D eigenvalue weighted by molar-refractivity contribution is 0.599. The van der Waals surface area contributed by atoms with Gasteiger partial charge in [-0.3, -0.25) is 4.72 Å². The second kappa shape index (κ2) is 8.15. The number of halogens is 1. The van der Waals surface area contributed by atoms with Gasteiger partial charge < -0.3 is 5.32 Å². The predicted molar refractivity (Wildman–Crippen MR) is 116 cm³/mol. The number of sulfonamides is 1. The van der Waals surface area contributed by atoms with Crippen LogP contribution < -0.4 is 10.0 Å². The van der Waals surface area contributed by atoms with Crippen molar-refractivity contribution in [1.82, 2.24) is 20.0 Å². The van der Waals surface area contributed by atoms with Crippen LogP contribution in [-0.4, -0.2) is 28.4 Å². The van der Waals surface area contributed by atoms with Crippen molar-refractivity contribution in [2.75, 3.05) is 10.0 Å². The molecule has 0 saturated heterocycles. The first-order valence-corrected chi connectivity index (χ1v) is 10.8. The van der Waals surface area contributed by atoms with Crippen molar-refractivity contribution >= 4 is 27.2 Å². The summed E-state index contributed by atoms with van der Waals surface area (Å²) in [7, 11) is -3.80. The molecule has 0 radical (unpaired) electrons. The van der Waals surface area contributed by atoms with Crippen LogP contribution >= 0.6 is 0 Å². The molecule has 0 bridgehead atoms. The Morgan fingerprint density at radius 3 is 2.13 bits per heavy atom. The Kier molecular flexibility index (Phi) is 5.38. The van der Waals surface area contributed by atoms with Gasteiger partial charge in [-0.1, -0.05) is 0 Å². The highest BCUT2D eigenvalue weighted by Gasteiger charge is 2.14. The minimum absolute atomic E-state index is 0.0194. The van der Waals surface area contributed by atoms with E-state index in [0.717, 1.165) is 23.5 Å². The molecule has 2 aromatic heterocycles. The molecular formula is C21H19FN6O2S. The monoisotopic (exact) mass is 438 g/mol. The zero-order valence-electron chi connectivity index (χ0n) is 16.7. The predicted octanol–water partition coefficient (Wildman–Crippen LogP) is 3.96. The fourth-order valence-corrected chi connectivity index (χ4v) is 4.02. The standard InChI is InChI=1S/C21H19FN6O2S/c1-14-13-15(2)28(26-14)21-12-11-20(24-25-21)23-17-5-7-18(8-6-17)27-31(29,30)19-9-3-16(22)4-10-19/h3-13,27H,1-2H3,(H,23,24). The Hall–Kier alpha value is -3.79. The average Bonchev–Trinajstić information content (AvgIpc) is 3.08. The minimum atomic E-state index is -3.80. The van der Waals surface area contributed by atoms with E-state index in [2.05, 4.69) is 25.3 Å². The maximum Gasteiger partial charge on any atom is 0.261 e. The summed E-state index contributed by atoms with van der Waals surface area (Å²) in [4.78, 5) is -0.0194. The molecule has 0 aliphatic carbocycles. The first-order valence-electron chi connectivity index (χ1n) is 9.33. The molecule has 4 aromatic rings. The van der Waals surface area contributed by atoms with Crippen molar-refractivity contribution in [3.63, 3.8) is 0 Å². The maximum absolute atomic E-state index is 13.0. The molecule has 10 heteroatoms. The molecule has 2 N–H and O–H groups in total. The van der Waals surface area contributed by atoms with Gasteiger partial charge in [0.15, 0.2) is 11.6 Å². The highest BCUT2D eigenvalue weighted by Crippen LogP contribution is 2.21. The quantitative estimate of drug-likeness (QED) is 0.472.